The second kappa shape index (κ2) is 12.9. The molecule has 184 valence electrons. The van der Waals surface area contributed by atoms with Gasteiger partial charge in [-0.2, -0.15) is 0 Å². The Morgan fingerprint density at radius 2 is 1.53 bits per heavy atom. The van der Waals surface area contributed by atoms with Crippen molar-refractivity contribution in [2.24, 2.45) is 0 Å². The molecule has 3 N–H and O–H groups in total. The topological polar surface area (TPSA) is 105 Å². The number of hydrogen-bond acceptors (Lipinski definition) is 5. The third-order valence-electron chi connectivity index (χ3n) is 5.32. The molecule has 4 aromatic rings. The number of benzene rings is 3. The summed E-state index contributed by atoms with van der Waals surface area (Å²) in [6, 6.07) is 25.7. The summed E-state index contributed by atoms with van der Waals surface area (Å²) in [6.07, 6.45) is 3.15. The molecule has 8 heteroatoms. The molecule has 1 aromatic heterocycles. The third kappa shape index (κ3) is 7.82. The zero-order chi connectivity index (χ0) is 25.0. The number of ether oxygens (including phenoxy) is 2. The molecule has 0 fully saturated rings. The van der Waals surface area contributed by atoms with Crippen LogP contribution in [0.15, 0.2) is 97.5 Å². The molecule has 0 spiro atoms. The molecule has 8 nitrogen and oxygen atoms in total. The number of carbonyl (C=O) groups excluding carboxylic acids is 2. The van der Waals surface area contributed by atoms with Crippen molar-refractivity contribution < 1.29 is 19.1 Å². The van der Waals surface area contributed by atoms with Crippen LogP contribution in [0.25, 0.3) is 0 Å². The summed E-state index contributed by atoms with van der Waals surface area (Å²) in [5.41, 5.74) is 3.29. The Labute approximate surface area is 209 Å². The first-order valence-corrected chi connectivity index (χ1v) is 11.6. The molecule has 2 amide bonds. The van der Waals surface area contributed by atoms with Crippen LogP contribution < -0.4 is 15.4 Å². The Bertz CT molecular complexity index is 1210. The van der Waals surface area contributed by atoms with E-state index in [4.69, 9.17) is 9.47 Å². The van der Waals surface area contributed by atoms with Crippen LogP contribution in [0.4, 0.5) is 5.69 Å². The van der Waals surface area contributed by atoms with Gasteiger partial charge in [-0.25, -0.2) is 4.98 Å². The number of nitrogens with zero attached hydrogens (tertiary/aromatic N) is 1. The van der Waals surface area contributed by atoms with E-state index in [1.54, 1.807) is 30.5 Å². The maximum absolute atomic E-state index is 13.0. The molecule has 36 heavy (non-hydrogen) atoms. The van der Waals surface area contributed by atoms with Crippen LogP contribution in [0.1, 0.15) is 16.8 Å². The summed E-state index contributed by atoms with van der Waals surface area (Å²) in [5.74, 6) is -0.00111. The predicted molar refractivity (Wildman–Crippen MR) is 136 cm³/mol. The lowest BCUT2D eigenvalue weighted by Gasteiger charge is -2.19. The number of aromatic amines is 1. The molecule has 0 bridgehead atoms. The summed E-state index contributed by atoms with van der Waals surface area (Å²) >= 11 is 0. The summed E-state index contributed by atoms with van der Waals surface area (Å²) in [4.78, 5) is 32.4. The quantitative estimate of drug-likeness (QED) is 0.283. The smallest absolute Gasteiger partial charge is 0.249 e. The average molecular weight is 485 g/mol. The fourth-order valence-corrected chi connectivity index (χ4v) is 3.46. The summed E-state index contributed by atoms with van der Waals surface area (Å²) < 4.78 is 11.6. The Kier molecular flexibility index (Phi) is 8.83. The largest absolute Gasteiger partial charge is 0.489 e. The number of amides is 2. The van der Waals surface area contributed by atoms with E-state index in [9.17, 15) is 9.59 Å². The van der Waals surface area contributed by atoms with Crippen LogP contribution in [-0.2, 0) is 34.0 Å². The number of hydrogen-bond donors (Lipinski definition) is 3. The Morgan fingerprint density at radius 3 is 2.17 bits per heavy atom. The minimum absolute atomic E-state index is 0.0215. The van der Waals surface area contributed by atoms with Crippen molar-refractivity contribution in [3.63, 3.8) is 0 Å². The zero-order valence-corrected chi connectivity index (χ0v) is 19.7. The van der Waals surface area contributed by atoms with Gasteiger partial charge in [0.15, 0.2) is 0 Å². The van der Waals surface area contributed by atoms with Crippen LogP contribution in [0, 0.1) is 0 Å². The van der Waals surface area contributed by atoms with Crippen LogP contribution in [0.3, 0.4) is 0 Å². The van der Waals surface area contributed by atoms with Gasteiger partial charge in [0.05, 0.1) is 26.0 Å². The maximum atomic E-state index is 13.0. The van der Waals surface area contributed by atoms with Gasteiger partial charge in [0.25, 0.3) is 0 Å². The molecule has 0 aliphatic heterocycles. The molecule has 0 aliphatic rings. The zero-order valence-electron chi connectivity index (χ0n) is 19.7. The van der Waals surface area contributed by atoms with E-state index in [0.717, 1.165) is 11.1 Å². The van der Waals surface area contributed by atoms with Crippen molar-refractivity contribution in [3.05, 3.63) is 114 Å². The van der Waals surface area contributed by atoms with Gasteiger partial charge in [-0.3, -0.25) is 9.59 Å². The van der Waals surface area contributed by atoms with Crippen LogP contribution in [0.5, 0.6) is 5.75 Å². The lowest BCUT2D eigenvalue weighted by atomic mass is 10.2. The van der Waals surface area contributed by atoms with Gasteiger partial charge in [-0.1, -0.05) is 60.7 Å². The minimum atomic E-state index is -0.877. The monoisotopic (exact) mass is 484 g/mol. The van der Waals surface area contributed by atoms with Crippen LogP contribution in [-0.4, -0.2) is 34.4 Å². The van der Waals surface area contributed by atoms with E-state index in [1.165, 1.54) is 6.33 Å². The van der Waals surface area contributed by atoms with Gasteiger partial charge in [-0.05, 0) is 35.4 Å². The molecule has 4 rings (SSSR count). The molecular formula is C28H28N4O4. The summed E-state index contributed by atoms with van der Waals surface area (Å²) in [6.45, 7) is 0.804. The molecule has 0 unspecified atom stereocenters. The third-order valence-corrected chi connectivity index (χ3v) is 5.32. The Hall–Kier alpha value is -4.43. The average Bonchev–Trinajstić information content (AvgIpc) is 3.42. The highest BCUT2D eigenvalue weighted by Gasteiger charge is 2.22. The number of H-pyrrole nitrogens is 1. The number of rotatable bonds is 12. The number of anilines is 1. The fourth-order valence-electron chi connectivity index (χ4n) is 3.46. The summed E-state index contributed by atoms with van der Waals surface area (Å²) in [7, 11) is 0. The van der Waals surface area contributed by atoms with Gasteiger partial charge >= 0.3 is 0 Å². The normalized spacial score (nSPS) is 11.4. The summed E-state index contributed by atoms with van der Waals surface area (Å²) in [5, 5.41) is 5.61. The second-order valence-electron chi connectivity index (χ2n) is 8.16. The molecule has 1 heterocycles. The number of carbonyl (C=O) groups is 2. The molecular weight excluding hydrogens is 456 g/mol. The highest BCUT2D eigenvalue weighted by Crippen LogP contribution is 2.17. The van der Waals surface area contributed by atoms with E-state index >= 15 is 0 Å². The van der Waals surface area contributed by atoms with Crippen molar-refractivity contribution in [1.82, 2.24) is 15.3 Å². The molecule has 0 radical (unpaired) electrons. The Balaban J connectivity index is 1.33. The first-order chi connectivity index (χ1) is 17.7. The SMILES string of the molecule is O=C(Cc1cnc[nH]1)N[C@@H](COCc1ccccc1)C(=O)Nc1ccc(OCc2ccccc2)cc1. The van der Waals surface area contributed by atoms with Gasteiger partial charge in [0.2, 0.25) is 11.8 Å². The first-order valence-electron chi connectivity index (χ1n) is 11.6. The first kappa shape index (κ1) is 24.7. The Morgan fingerprint density at radius 1 is 0.861 bits per heavy atom. The van der Waals surface area contributed by atoms with Gasteiger partial charge in [-0.15, -0.1) is 0 Å². The second-order valence-corrected chi connectivity index (χ2v) is 8.16. The van der Waals surface area contributed by atoms with Gasteiger partial charge in [0, 0.05) is 17.6 Å². The molecule has 1 atom stereocenters. The molecule has 0 saturated carbocycles. The lowest BCUT2D eigenvalue weighted by Crippen LogP contribution is -2.47. The molecule has 0 saturated heterocycles. The van der Waals surface area contributed by atoms with E-state index in [2.05, 4.69) is 20.6 Å². The maximum Gasteiger partial charge on any atom is 0.249 e. The number of nitrogens with one attached hydrogen (secondary N) is 3. The highest BCUT2D eigenvalue weighted by atomic mass is 16.5. The predicted octanol–water partition coefficient (Wildman–Crippen LogP) is 3.87. The van der Waals surface area contributed by atoms with E-state index < -0.39 is 6.04 Å². The van der Waals surface area contributed by atoms with Crippen LogP contribution in [0.2, 0.25) is 0 Å². The minimum Gasteiger partial charge on any atom is -0.489 e. The molecule has 0 aliphatic carbocycles. The number of aromatic nitrogens is 2. The van der Waals surface area contributed by atoms with Crippen molar-refractivity contribution in [3.8, 4) is 5.75 Å². The highest BCUT2D eigenvalue weighted by molar-refractivity contribution is 5.97. The van der Waals surface area contributed by atoms with E-state index in [0.29, 0.717) is 30.3 Å². The molecule has 3 aromatic carbocycles. The standard InChI is InChI=1S/C28H28N4O4/c33-27(15-24-16-29-20-30-24)32-26(19-35-17-21-7-3-1-4-8-21)28(34)31-23-11-13-25(14-12-23)36-18-22-9-5-2-6-10-22/h1-14,16,20,26H,15,17-19H2,(H,29,30)(H,31,34)(H,32,33)/t26-/m0/s1. The lowest BCUT2D eigenvalue weighted by molar-refractivity contribution is -0.127. The fraction of sp³-hybridized carbons (Fsp3) is 0.179. The van der Waals surface area contributed by atoms with Crippen molar-refractivity contribution >= 4 is 17.5 Å². The van der Waals surface area contributed by atoms with Crippen LogP contribution >= 0.6 is 0 Å². The van der Waals surface area contributed by atoms with Gasteiger partial charge < -0.3 is 25.1 Å². The van der Waals surface area contributed by atoms with E-state index in [-0.39, 0.29) is 24.8 Å². The van der Waals surface area contributed by atoms with Crippen molar-refractivity contribution in [2.45, 2.75) is 25.7 Å². The van der Waals surface area contributed by atoms with Gasteiger partial charge in [0.1, 0.15) is 18.4 Å². The van der Waals surface area contributed by atoms with E-state index in [1.807, 2.05) is 60.7 Å². The number of imidazole rings is 1. The van der Waals surface area contributed by atoms with Crippen molar-refractivity contribution in [1.29, 1.82) is 0 Å². The van der Waals surface area contributed by atoms with Crippen molar-refractivity contribution in [2.75, 3.05) is 11.9 Å².